The number of nitrogens with one attached hydrogen (secondary N) is 1. The summed E-state index contributed by atoms with van der Waals surface area (Å²) in [5.41, 5.74) is 0. The molecular weight excluding hydrogens is 248 g/mol. The molecule has 102 valence electrons. The van der Waals surface area contributed by atoms with E-state index in [9.17, 15) is 0 Å². The fourth-order valence-electron chi connectivity index (χ4n) is 1.15. The summed E-state index contributed by atoms with van der Waals surface area (Å²) in [6.07, 6.45) is 0.934. The zero-order chi connectivity index (χ0) is 13.6. The third-order valence-corrected chi connectivity index (χ3v) is 2.74. The number of anilines is 1. The van der Waals surface area contributed by atoms with Crippen LogP contribution in [0.15, 0.2) is 5.16 Å². The lowest BCUT2D eigenvalue weighted by Crippen LogP contribution is -2.12. The van der Waals surface area contributed by atoms with Gasteiger partial charge in [-0.25, -0.2) is 0 Å². The Balaban J connectivity index is 2.90. The van der Waals surface area contributed by atoms with E-state index >= 15 is 0 Å². The summed E-state index contributed by atoms with van der Waals surface area (Å²) in [5, 5.41) is 3.79. The van der Waals surface area contributed by atoms with E-state index in [2.05, 4.69) is 48.0 Å². The van der Waals surface area contributed by atoms with Crippen LogP contribution < -0.4 is 10.1 Å². The Kier molecular flexibility index (Phi) is 5.65. The highest BCUT2D eigenvalue weighted by atomic mass is 32.2. The first kappa shape index (κ1) is 15.0. The van der Waals surface area contributed by atoms with Gasteiger partial charge in [-0.2, -0.15) is 15.0 Å². The van der Waals surface area contributed by atoms with Gasteiger partial charge < -0.3 is 10.1 Å². The molecular formula is C12H22N4OS. The largest absolute Gasteiger partial charge is 0.463 e. The van der Waals surface area contributed by atoms with Gasteiger partial charge in [0.05, 0.1) is 6.61 Å². The molecule has 5 nitrogen and oxygen atoms in total. The number of nitrogens with zero attached hydrogens (tertiary/aromatic N) is 3. The first-order valence-corrected chi connectivity index (χ1v) is 7.08. The van der Waals surface area contributed by atoms with Crippen molar-refractivity contribution in [1.82, 2.24) is 15.0 Å². The second kappa shape index (κ2) is 6.78. The van der Waals surface area contributed by atoms with Crippen LogP contribution >= 0.6 is 11.8 Å². The van der Waals surface area contributed by atoms with Gasteiger partial charge in [-0.05, 0) is 13.3 Å². The molecule has 1 N–H and O–H groups in total. The third kappa shape index (κ3) is 5.53. The van der Waals surface area contributed by atoms with E-state index in [4.69, 9.17) is 4.74 Å². The van der Waals surface area contributed by atoms with Crippen LogP contribution in [-0.2, 0) is 0 Å². The van der Waals surface area contributed by atoms with Crippen LogP contribution in [0.1, 0.15) is 41.0 Å². The number of ether oxygens (including phenoxy) is 1. The Morgan fingerprint density at radius 3 is 2.44 bits per heavy atom. The number of rotatable bonds is 6. The summed E-state index contributed by atoms with van der Waals surface area (Å²) in [7, 11) is 0. The van der Waals surface area contributed by atoms with Crippen molar-refractivity contribution in [3.8, 4) is 6.01 Å². The van der Waals surface area contributed by atoms with E-state index in [1.807, 2.05) is 6.92 Å². The monoisotopic (exact) mass is 270 g/mol. The quantitative estimate of drug-likeness (QED) is 0.802. The molecule has 0 amide bonds. The van der Waals surface area contributed by atoms with E-state index in [0.717, 1.165) is 13.0 Å². The summed E-state index contributed by atoms with van der Waals surface area (Å²) in [6, 6.07) is 0.398. The van der Waals surface area contributed by atoms with Gasteiger partial charge in [0.1, 0.15) is 0 Å². The molecule has 1 aromatic heterocycles. The molecule has 1 aromatic rings. The van der Waals surface area contributed by atoms with Crippen molar-refractivity contribution in [2.75, 3.05) is 18.5 Å². The van der Waals surface area contributed by atoms with Crippen molar-refractivity contribution >= 4 is 17.7 Å². The highest BCUT2D eigenvalue weighted by Gasteiger charge is 2.16. The summed E-state index contributed by atoms with van der Waals surface area (Å²) >= 11 is 1.61. The molecule has 0 saturated heterocycles. The molecule has 0 aromatic carbocycles. The Hall–Kier alpha value is -1.04. The van der Waals surface area contributed by atoms with E-state index in [1.165, 1.54) is 0 Å². The van der Waals surface area contributed by atoms with Crippen molar-refractivity contribution in [2.24, 2.45) is 0 Å². The van der Waals surface area contributed by atoms with E-state index in [-0.39, 0.29) is 4.75 Å². The van der Waals surface area contributed by atoms with Crippen LogP contribution in [0.5, 0.6) is 6.01 Å². The molecule has 0 aliphatic carbocycles. The second-order valence-electron chi connectivity index (χ2n) is 4.82. The summed E-state index contributed by atoms with van der Waals surface area (Å²) in [5.74, 6) is 0.574. The lowest BCUT2D eigenvalue weighted by molar-refractivity contribution is 0.288. The van der Waals surface area contributed by atoms with Crippen molar-refractivity contribution < 1.29 is 4.74 Å². The maximum Gasteiger partial charge on any atom is 0.322 e. The third-order valence-electron chi connectivity index (χ3n) is 1.76. The minimum Gasteiger partial charge on any atom is -0.463 e. The summed E-state index contributed by atoms with van der Waals surface area (Å²) in [6.45, 7) is 11.8. The number of hydrogen-bond donors (Lipinski definition) is 1. The predicted molar refractivity (Wildman–Crippen MR) is 75.4 cm³/mol. The smallest absolute Gasteiger partial charge is 0.322 e. The van der Waals surface area contributed by atoms with Crippen molar-refractivity contribution in [1.29, 1.82) is 0 Å². The molecule has 0 spiro atoms. The van der Waals surface area contributed by atoms with Gasteiger partial charge in [-0.1, -0.05) is 39.5 Å². The number of thioether (sulfide) groups is 1. The fourth-order valence-corrected chi connectivity index (χ4v) is 1.96. The number of aromatic nitrogens is 3. The molecule has 1 rings (SSSR count). The Labute approximate surface area is 113 Å². The molecule has 18 heavy (non-hydrogen) atoms. The van der Waals surface area contributed by atoms with Gasteiger partial charge >= 0.3 is 6.01 Å². The van der Waals surface area contributed by atoms with Crippen LogP contribution in [0.2, 0.25) is 0 Å². The fraction of sp³-hybridized carbons (Fsp3) is 0.750. The Morgan fingerprint density at radius 1 is 1.17 bits per heavy atom. The molecule has 6 heteroatoms. The van der Waals surface area contributed by atoms with Crippen molar-refractivity contribution in [3.63, 3.8) is 0 Å². The normalized spacial score (nSPS) is 11.4. The molecule has 0 aliphatic rings. The maximum atomic E-state index is 5.48. The number of hydrogen-bond acceptors (Lipinski definition) is 6. The van der Waals surface area contributed by atoms with Crippen molar-refractivity contribution in [2.45, 2.75) is 50.9 Å². The second-order valence-corrected chi connectivity index (χ2v) is 6.61. The molecule has 0 radical (unpaired) electrons. The summed E-state index contributed by atoms with van der Waals surface area (Å²) < 4.78 is 5.54. The van der Waals surface area contributed by atoms with E-state index in [1.54, 1.807) is 11.8 Å². The minimum atomic E-state index is 0.0624. The Morgan fingerprint density at radius 2 is 1.89 bits per heavy atom. The standard InChI is InChI=1S/C12H22N4OS/c1-6-8-17-10-14-9(13-7-2)15-11(16-10)18-12(3,4)5/h6-8H2,1-5H3,(H,13,14,15,16). The first-order chi connectivity index (χ1) is 8.44. The molecule has 1 heterocycles. The molecule has 0 aliphatic heterocycles. The average Bonchev–Trinajstić information content (AvgIpc) is 2.24. The predicted octanol–water partition coefficient (Wildman–Crippen LogP) is 2.98. The maximum absolute atomic E-state index is 5.48. The molecule has 0 unspecified atom stereocenters. The van der Waals surface area contributed by atoms with Gasteiger partial charge in [0.2, 0.25) is 5.95 Å². The zero-order valence-corrected chi connectivity index (χ0v) is 12.6. The van der Waals surface area contributed by atoms with Gasteiger partial charge in [-0.3, -0.25) is 0 Å². The van der Waals surface area contributed by atoms with Gasteiger partial charge in [-0.15, -0.1) is 0 Å². The first-order valence-electron chi connectivity index (χ1n) is 6.26. The van der Waals surface area contributed by atoms with Crippen LogP contribution in [0.25, 0.3) is 0 Å². The zero-order valence-electron chi connectivity index (χ0n) is 11.8. The summed E-state index contributed by atoms with van der Waals surface area (Å²) in [4.78, 5) is 12.9. The Bertz CT molecular complexity index is 379. The van der Waals surface area contributed by atoms with Gasteiger partial charge in [0, 0.05) is 11.3 Å². The molecule has 0 atom stereocenters. The van der Waals surface area contributed by atoms with E-state index in [0.29, 0.717) is 23.7 Å². The highest BCUT2D eigenvalue weighted by Crippen LogP contribution is 2.30. The lowest BCUT2D eigenvalue weighted by Gasteiger charge is -2.16. The topological polar surface area (TPSA) is 59.9 Å². The molecule has 0 fully saturated rings. The highest BCUT2D eigenvalue weighted by molar-refractivity contribution is 8.00. The SMILES string of the molecule is CCCOc1nc(NCC)nc(SC(C)(C)C)n1. The van der Waals surface area contributed by atoms with Crippen LogP contribution in [0.4, 0.5) is 5.95 Å². The van der Waals surface area contributed by atoms with Crippen LogP contribution in [0.3, 0.4) is 0 Å². The van der Waals surface area contributed by atoms with Gasteiger partial charge in [0.15, 0.2) is 5.16 Å². The molecule has 0 saturated carbocycles. The minimum absolute atomic E-state index is 0.0624. The average molecular weight is 270 g/mol. The lowest BCUT2D eigenvalue weighted by atomic mass is 10.3. The van der Waals surface area contributed by atoms with Gasteiger partial charge in [0.25, 0.3) is 0 Å². The molecule has 0 bridgehead atoms. The van der Waals surface area contributed by atoms with E-state index < -0.39 is 0 Å². The van der Waals surface area contributed by atoms with Crippen LogP contribution in [0, 0.1) is 0 Å². The van der Waals surface area contributed by atoms with Crippen molar-refractivity contribution in [3.05, 3.63) is 0 Å². The van der Waals surface area contributed by atoms with Crippen LogP contribution in [-0.4, -0.2) is 32.9 Å².